The second-order valence-electron chi connectivity index (χ2n) is 7.22. The van der Waals surface area contributed by atoms with E-state index in [1.165, 1.54) is 0 Å². The molecule has 4 rings (SSSR count). The molecule has 6 nitrogen and oxygen atoms in total. The summed E-state index contributed by atoms with van der Waals surface area (Å²) in [6, 6.07) is 13.5. The Kier molecular flexibility index (Phi) is 4.77. The predicted molar refractivity (Wildman–Crippen MR) is 114 cm³/mol. The second-order valence-corrected chi connectivity index (χ2v) is 8.46. The van der Waals surface area contributed by atoms with E-state index in [2.05, 4.69) is 10.3 Å². The lowest BCUT2D eigenvalue weighted by molar-refractivity contribution is -0.122. The number of rotatable bonds is 4. The van der Waals surface area contributed by atoms with E-state index < -0.39 is 0 Å². The minimum atomic E-state index is -0.367. The van der Waals surface area contributed by atoms with Crippen molar-refractivity contribution in [2.45, 2.75) is 13.3 Å². The highest BCUT2D eigenvalue weighted by Gasteiger charge is 2.35. The lowest BCUT2D eigenvalue weighted by Crippen LogP contribution is -2.28. The Morgan fingerprint density at radius 1 is 1.21 bits per heavy atom. The third-order valence-corrected chi connectivity index (χ3v) is 5.89. The van der Waals surface area contributed by atoms with E-state index in [1.54, 1.807) is 16.2 Å². The minimum absolute atomic E-state index is 0.0330. The number of benzene rings is 2. The second kappa shape index (κ2) is 7.24. The molecule has 144 valence electrons. The van der Waals surface area contributed by atoms with Gasteiger partial charge in [0.2, 0.25) is 11.8 Å². The molecular weight excluding hydrogens is 372 g/mol. The number of nitrogens with zero attached hydrogens (tertiary/aromatic N) is 3. The van der Waals surface area contributed by atoms with Crippen LogP contribution < -0.4 is 15.1 Å². The zero-order valence-electron chi connectivity index (χ0n) is 16.1. The third kappa shape index (κ3) is 3.57. The van der Waals surface area contributed by atoms with Crippen LogP contribution in [0.5, 0.6) is 0 Å². The summed E-state index contributed by atoms with van der Waals surface area (Å²) in [7, 11) is 3.94. The van der Waals surface area contributed by atoms with Crippen molar-refractivity contribution in [1.29, 1.82) is 0 Å². The van der Waals surface area contributed by atoms with Crippen molar-refractivity contribution in [3.05, 3.63) is 47.5 Å². The van der Waals surface area contributed by atoms with Gasteiger partial charge in [-0.15, -0.1) is 11.3 Å². The monoisotopic (exact) mass is 394 g/mol. The van der Waals surface area contributed by atoms with Gasteiger partial charge in [0.15, 0.2) is 0 Å². The Labute approximate surface area is 167 Å². The van der Waals surface area contributed by atoms with Crippen LogP contribution in [0.15, 0.2) is 42.5 Å². The fourth-order valence-corrected chi connectivity index (χ4v) is 4.23. The average molecular weight is 395 g/mol. The molecule has 1 atom stereocenters. The summed E-state index contributed by atoms with van der Waals surface area (Å²) in [5.74, 6) is -0.526. The Bertz CT molecular complexity index is 1040. The summed E-state index contributed by atoms with van der Waals surface area (Å²) in [4.78, 5) is 33.4. The number of aromatic nitrogens is 1. The van der Waals surface area contributed by atoms with Gasteiger partial charge in [0.05, 0.1) is 21.1 Å². The number of thiazole rings is 1. The van der Waals surface area contributed by atoms with Crippen LogP contribution in [0.3, 0.4) is 0 Å². The normalized spacial score (nSPS) is 16.6. The molecule has 0 aliphatic carbocycles. The van der Waals surface area contributed by atoms with Gasteiger partial charge in [0.1, 0.15) is 0 Å². The highest BCUT2D eigenvalue weighted by Crippen LogP contribution is 2.30. The molecule has 1 saturated heterocycles. The number of aryl methyl sites for hydroxylation is 1. The molecule has 2 aromatic carbocycles. The van der Waals surface area contributed by atoms with Crippen LogP contribution in [-0.4, -0.2) is 37.4 Å². The molecule has 0 radical (unpaired) electrons. The molecule has 1 aromatic heterocycles. The van der Waals surface area contributed by atoms with Crippen molar-refractivity contribution >= 4 is 50.4 Å². The van der Waals surface area contributed by atoms with Crippen molar-refractivity contribution in [2.75, 3.05) is 35.8 Å². The molecule has 1 fully saturated rings. The standard InChI is InChI=1S/C21H22N4O2S/c1-13-22-18-11-17(8-9-19(18)28-13)25-12-14(10-20(25)26)21(27)23-15-4-6-16(7-5-15)24(2)3/h4-9,11,14H,10,12H2,1-3H3,(H,23,27). The van der Waals surface area contributed by atoms with Crippen LogP contribution in [0.1, 0.15) is 11.4 Å². The molecule has 0 spiro atoms. The largest absolute Gasteiger partial charge is 0.378 e. The van der Waals surface area contributed by atoms with Crippen LogP contribution in [0.4, 0.5) is 17.1 Å². The fourth-order valence-electron chi connectivity index (χ4n) is 3.42. The Morgan fingerprint density at radius 2 is 1.96 bits per heavy atom. The molecule has 1 N–H and O–H groups in total. The third-order valence-electron chi connectivity index (χ3n) is 4.94. The van der Waals surface area contributed by atoms with Crippen LogP contribution in [0, 0.1) is 12.8 Å². The smallest absolute Gasteiger partial charge is 0.229 e. The van der Waals surface area contributed by atoms with E-state index in [0.29, 0.717) is 6.54 Å². The van der Waals surface area contributed by atoms with Crippen LogP contribution in [0.25, 0.3) is 10.2 Å². The van der Waals surface area contributed by atoms with Gasteiger partial charge in [-0.05, 0) is 49.4 Å². The number of carbonyl (C=O) groups is 2. The molecule has 1 unspecified atom stereocenters. The number of hydrogen-bond acceptors (Lipinski definition) is 5. The van der Waals surface area contributed by atoms with Crippen molar-refractivity contribution in [3.8, 4) is 0 Å². The number of carbonyl (C=O) groups excluding carboxylic acids is 2. The van der Waals surface area contributed by atoms with E-state index in [1.807, 2.05) is 68.4 Å². The summed E-state index contributed by atoms with van der Waals surface area (Å²) in [6.07, 6.45) is 0.218. The van der Waals surface area contributed by atoms with E-state index in [-0.39, 0.29) is 24.2 Å². The SMILES string of the molecule is Cc1nc2cc(N3CC(C(=O)Nc4ccc(N(C)C)cc4)CC3=O)ccc2s1. The molecule has 2 amide bonds. The first-order chi connectivity index (χ1) is 13.4. The molecule has 1 aliphatic heterocycles. The van der Waals surface area contributed by atoms with Crippen LogP contribution >= 0.6 is 11.3 Å². The van der Waals surface area contributed by atoms with Gasteiger partial charge in [0, 0.05) is 44.1 Å². The zero-order valence-corrected chi connectivity index (χ0v) is 16.9. The van der Waals surface area contributed by atoms with Crippen molar-refractivity contribution in [1.82, 2.24) is 4.98 Å². The number of amides is 2. The summed E-state index contributed by atoms with van der Waals surface area (Å²) in [5, 5.41) is 3.93. The van der Waals surface area contributed by atoms with Gasteiger partial charge in [-0.1, -0.05) is 0 Å². The summed E-state index contributed by atoms with van der Waals surface area (Å²) in [6.45, 7) is 2.35. The highest BCUT2D eigenvalue weighted by molar-refractivity contribution is 7.18. The predicted octanol–water partition coefficient (Wildman–Crippen LogP) is 3.66. The highest BCUT2D eigenvalue weighted by atomic mass is 32.1. The molecule has 0 bridgehead atoms. The van der Waals surface area contributed by atoms with Crippen molar-refractivity contribution in [3.63, 3.8) is 0 Å². The summed E-state index contributed by atoms with van der Waals surface area (Å²) >= 11 is 1.63. The van der Waals surface area contributed by atoms with Gasteiger partial charge in [-0.3, -0.25) is 9.59 Å². The molecular formula is C21H22N4O2S. The Balaban J connectivity index is 1.46. The Morgan fingerprint density at radius 3 is 2.68 bits per heavy atom. The number of nitrogens with one attached hydrogen (secondary N) is 1. The van der Waals surface area contributed by atoms with Crippen molar-refractivity contribution in [2.24, 2.45) is 5.92 Å². The van der Waals surface area contributed by atoms with Crippen molar-refractivity contribution < 1.29 is 9.59 Å². The maximum Gasteiger partial charge on any atom is 0.229 e. The molecule has 28 heavy (non-hydrogen) atoms. The molecule has 2 heterocycles. The summed E-state index contributed by atoms with van der Waals surface area (Å²) < 4.78 is 1.10. The van der Waals surface area contributed by atoms with Crippen LogP contribution in [0.2, 0.25) is 0 Å². The average Bonchev–Trinajstić information content (AvgIpc) is 3.23. The van der Waals surface area contributed by atoms with E-state index >= 15 is 0 Å². The first-order valence-electron chi connectivity index (χ1n) is 9.16. The molecule has 7 heteroatoms. The van der Waals surface area contributed by atoms with Gasteiger partial charge < -0.3 is 15.1 Å². The molecule has 1 aliphatic rings. The number of hydrogen-bond donors (Lipinski definition) is 1. The number of fused-ring (bicyclic) bond motifs is 1. The van der Waals surface area contributed by atoms with Crippen LogP contribution in [-0.2, 0) is 9.59 Å². The van der Waals surface area contributed by atoms with E-state index in [4.69, 9.17) is 0 Å². The first kappa shape index (κ1) is 18.4. The van der Waals surface area contributed by atoms with E-state index in [0.717, 1.165) is 32.3 Å². The van der Waals surface area contributed by atoms with Gasteiger partial charge in [-0.2, -0.15) is 0 Å². The maximum atomic E-state index is 12.7. The maximum absolute atomic E-state index is 12.7. The molecule has 3 aromatic rings. The van der Waals surface area contributed by atoms with E-state index in [9.17, 15) is 9.59 Å². The van der Waals surface area contributed by atoms with Gasteiger partial charge in [0.25, 0.3) is 0 Å². The lowest BCUT2D eigenvalue weighted by Gasteiger charge is -2.17. The first-order valence-corrected chi connectivity index (χ1v) is 9.98. The Hall–Kier alpha value is -2.93. The fraction of sp³-hybridized carbons (Fsp3) is 0.286. The van der Waals surface area contributed by atoms with Gasteiger partial charge >= 0.3 is 0 Å². The molecule has 0 saturated carbocycles. The minimum Gasteiger partial charge on any atom is -0.378 e. The quantitative estimate of drug-likeness (QED) is 0.733. The zero-order chi connectivity index (χ0) is 19.8. The van der Waals surface area contributed by atoms with Gasteiger partial charge in [-0.25, -0.2) is 4.98 Å². The summed E-state index contributed by atoms with van der Waals surface area (Å²) in [5.41, 5.74) is 3.49. The number of anilines is 3. The lowest BCUT2D eigenvalue weighted by atomic mass is 10.1. The topological polar surface area (TPSA) is 65.5 Å².